The molecule has 0 radical (unpaired) electrons. The monoisotopic (exact) mass is 236 g/mol. The smallest absolute Gasteiger partial charge is 0.224 e. The summed E-state index contributed by atoms with van der Waals surface area (Å²) in [6.45, 7) is 2.31. The molecule has 1 amide bonds. The highest BCUT2D eigenvalue weighted by molar-refractivity contribution is 5.78. The number of benzene rings is 1. The number of nitrogen functional groups attached to an aromatic ring is 1. The highest BCUT2D eigenvalue weighted by atomic mass is 16.3. The quantitative estimate of drug-likeness (QED) is 0.647. The zero-order valence-electron chi connectivity index (χ0n) is 10.1. The van der Waals surface area contributed by atoms with Crippen molar-refractivity contribution in [3.8, 4) is 0 Å². The van der Waals surface area contributed by atoms with Crippen molar-refractivity contribution in [2.45, 2.75) is 32.3 Å². The fourth-order valence-corrected chi connectivity index (χ4v) is 1.62. The standard InChI is InChI=1S/C13H20N2O2/c1-2-4-12(16)9-15-13(17)8-10-5-3-6-11(14)7-10/h3,5-7,12,16H,2,4,8-9,14H2,1H3,(H,15,17). The summed E-state index contributed by atoms with van der Waals surface area (Å²) in [5.74, 6) is -0.0919. The van der Waals surface area contributed by atoms with Crippen molar-refractivity contribution in [1.29, 1.82) is 0 Å². The Bertz CT molecular complexity index is 366. The number of aliphatic hydroxyl groups excluding tert-OH is 1. The predicted molar refractivity (Wildman–Crippen MR) is 68.5 cm³/mol. The highest BCUT2D eigenvalue weighted by Crippen LogP contribution is 2.07. The van der Waals surface area contributed by atoms with Crippen LogP contribution in [0.15, 0.2) is 24.3 Å². The Morgan fingerprint density at radius 1 is 1.53 bits per heavy atom. The third-order valence-electron chi connectivity index (χ3n) is 2.47. The van der Waals surface area contributed by atoms with Gasteiger partial charge in [0.15, 0.2) is 0 Å². The number of hydrogen-bond acceptors (Lipinski definition) is 3. The van der Waals surface area contributed by atoms with E-state index in [-0.39, 0.29) is 5.91 Å². The fraction of sp³-hybridized carbons (Fsp3) is 0.462. The van der Waals surface area contributed by atoms with E-state index in [1.807, 2.05) is 19.1 Å². The molecule has 4 nitrogen and oxygen atoms in total. The summed E-state index contributed by atoms with van der Waals surface area (Å²) in [6.07, 6.45) is 1.46. The molecule has 1 unspecified atom stereocenters. The van der Waals surface area contributed by atoms with Crippen LogP contribution in [0.3, 0.4) is 0 Å². The van der Waals surface area contributed by atoms with Gasteiger partial charge < -0.3 is 16.2 Å². The van der Waals surface area contributed by atoms with Crippen molar-refractivity contribution < 1.29 is 9.90 Å². The molecule has 0 fully saturated rings. The van der Waals surface area contributed by atoms with Gasteiger partial charge in [-0.15, -0.1) is 0 Å². The van der Waals surface area contributed by atoms with E-state index in [4.69, 9.17) is 5.73 Å². The number of anilines is 1. The van der Waals surface area contributed by atoms with Crippen molar-refractivity contribution in [2.75, 3.05) is 12.3 Å². The molecule has 0 aliphatic rings. The lowest BCUT2D eigenvalue weighted by Gasteiger charge is -2.10. The zero-order valence-corrected chi connectivity index (χ0v) is 10.1. The maximum absolute atomic E-state index is 11.6. The van der Waals surface area contributed by atoms with E-state index in [2.05, 4.69) is 5.32 Å². The van der Waals surface area contributed by atoms with E-state index >= 15 is 0 Å². The number of rotatable bonds is 6. The Morgan fingerprint density at radius 3 is 2.94 bits per heavy atom. The zero-order chi connectivity index (χ0) is 12.7. The van der Waals surface area contributed by atoms with Crippen molar-refractivity contribution in [1.82, 2.24) is 5.32 Å². The van der Waals surface area contributed by atoms with Crippen LogP contribution in [0, 0.1) is 0 Å². The molecule has 0 heterocycles. The van der Waals surface area contributed by atoms with Crippen LogP contribution in [0.5, 0.6) is 0 Å². The second kappa shape index (κ2) is 6.91. The van der Waals surface area contributed by atoms with Gasteiger partial charge in [0.25, 0.3) is 0 Å². The van der Waals surface area contributed by atoms with Crippen LogP contribution in [0.1, 0.15) is 25.3 Å². The molecule has 0 aliphatic heterocycles. The summed E-state index contributed by atoms with van der Waals surface area (Å²) >= 11 is 0. The maximum Gasteiger partial charge on any atom is 0.224 e. The van der Waals surface area contributed by atoms with Gasteiger partial charge in [0, 0.05) is 12.2 Å². The van der Waals surface area contributed by atoms with Crippen LogP contribution in [0.4, 0.5) is 5.69 Å². The summed E-state index contributed by atoms with van der Waals surface area (Å²) in [4.78, 5) is 11.6. The molecule has 0 bridgehead atoms. The van der Waals surface area contributed by atoms with Crippen LogP contribution in [-0.2, 0) is 11.2 Å². The molecule has 0 saturated heterocycles. The Hall–Kier alpha value is -1.55. The molecular formula is C13H20N2O2. The summed E-state index contributed by atoms with van der Waals surface area (Å²) < 4.78 is 0. The van der Waals surface area contributed by atoms with Gasteiger partial charge >= 0.3 is 0 Å². The lowest BCUT2D eigenvalue weighted by Crippen LogP contribution is -2.33. The molecule has 1 aromatic carbocycles. The number of nitrogens with two attached hydrogens (primary N) is 1. The molecule has 0 aliphatic carbocycles. The average molecular weight is 236 g/mol. The van der Waals surface area contributed by atoms with E-state index < -0.39 is 6.10 Å². The Morgan fingerprint density at radius 2 is 2.29 bits per heavy atom. The van der Waals surface area contributed by atoms with Gasteiger partial charge in [0.2, 0.25) is 5.91 Å². The number of aliphatic hydroxyl groups is 1. The van der Waals surface area contributed by atoms with Crippen molar-refractivity contribution in [2.24, 2.45) is 0 Å². The number of carbonyl (C=O) groups is 1. The van der Waals surface area contributed by atoms with Crippen LogP contribution in [0.2, 0.25) is 0 Å². The van der Waals surface area contributed by atoms with Gasteiger partial charge in [-0.1, -0.05) is 25.5 Å². The summed E-state index contributed by atoms with van der Waals surface area (Å²) in [5.41, 5.74) is 7.16. The first-order chi connectivity index (χ1) is 8.11. The van der Waals surface area contributed by atoms with Crippen molar-refractivity contribution >= 4 is 11.6 Å². The van der Waals surface area contributed by atoms with Crippen LogP contribution < -0.4 is 11.1 Å². The van der Waals surface area contributed by atoms with Crippen molar-refractivity contribution in [3.63, 3.8) is 0 Å². The maximum atomic E-state index is 11.6. The van der Waals surface area contributed by atoms with E-state index in [9.17, 15) is 9.90 Å². The average Bonchev–Trinajstić information content (AvgIpc) is 2.27. The predicted octanol–water partition coefficient (Wildman–Crippen LogP) is 1.09. The van der Waals surface area contributed by atoms with E-state index in [0.29, 0.717) is 25.1 Å². The third kappa shape index (κ3) is 5.36. The van der Waals surface area contributed by atoms with Crippen LogP contribution in [0.25, 0.3) is 0 Å². The SMILES string of the molecule is CCCC(O)CNC(=O)Cc1cccc(N)c1. The lowest BCUT2D eigenvalue weighted by atomic mass is 10.1. The first-order valence-electron chi connectivity index (χ1n) is 5.91. The molecule has 17 heavy (non-hydrogen) atoms. The minimum absolute atomic E-state index is 0.0919. The Labute approximate surface area is 102 Å². The minimum atomic E-state index is -0.454. The molecule has 4 N–H and O–H groups in total. The van der Waals surface area contributed by atoms with Gasteiger partial charge in [0.1, 0.15) is 0 Å². The normalized spacial score (nSPS) is 12.1. The van der Waals surface area contributed by atoms with E-state index in [1.165, 1.54) is 0 Å². The molecule has 1 aromatic rings. The first kappa shape index (κ1) is 13.5. The number of hydrogen-bond donors (Lipinski definition) is 3. The second-order valence-corrected chi connectivity index (χ2v) is 4.17. The molecule has 0 aromatic heterocycles. The first-order valence-corrected chi connectivity index (χ1v) is 5.91. The molecule has 1 atom stereocenters. The molecule has 0 saturated carbocycles. The van der Waals surface area contributed by atoms with Gasteiger partial charge in [-0.3, -0.25) is 4.79 Å². The lowest BCUT2D eigenvalue weighted by molar-refractivity contribution is -0.120. The van der Waals surface area contributed by atoms with Gasteiger partial charge in [-0.2, -0.15) is 0 Å². The summed E-state index contributed by atoms with van der Waals surface area (Å²) in [7, 11) is 0. The Balaban J connectivity index is 2.34. The molecular weight excluding hydrogens is 216 g/mol. The number of carbonyl (C=O) groups excluding carboxylic acids is 1. The molecule has 0 spiro atoms. The summed E-state index contributed by atoms with van der Waals surface area (Å²) in [6, 6.07) is 7.25. The van der Waals surface area contributed by atoms with Crippen molar-refractivity contribution in [3.05, 3.63) is 29.8 Å². The minimum Gasteiger partial charge on any atom is -0.399 e. The second-order valence-electron chi connectivity index (χ2n) is 4.17. The van der Waals surface area contributed by atoms with E-state index in [0.717, 1.165) is 12.0 Å². The van der Waals surface area contributed by atoms with Gasteiger partial charge in [0.05, 0.1) is 12.5 Å². The third-order valence-corrected chi connectivity index (χ3v) is 2.47. The van der Waals surface area contributed by atoms with Crippen LogP contribution in [-0.4, -0.2) is 23.7 Å². The molecule has 94 valence electrons. The molecule has 4 heteroatoms. The van der Waals surface area contributed by atoms with E-state index in [1.54, 1.807) is 12.1 Å². The van der Waals surface area contributed by atoms with Gasteiger partial charge in [-0.25, -0.2) is 0 Å². The van der Waals surface area contributed by atoms with Gasteiger partial charge in [-0.05, 0) is 24.1 Å². The number of amides is 1. The summed E-state index contributed by atoms with van der Waals surface area (Å²) in [5, 5.41) is 12.2. The number of nitrogens with one attached hydrogen (secondary N) is 1. The fourth-order valence-electron chi connectivity index (χ4n) is 1.62. The highest BCUT2D eigenvalue weighted by Gasteiger charge is 2.07. The largest absolute Gasteiger partial charge is 0.399 e. The van der Waals surface area contributed by atoms with Crippen LogP contribution >= 0.6 is 0 Å². The molecule has 1 rings (SSSR count). The Kier molecular flexibility index (Phi) is 5.49. The topological polar surface area (TPSA) is 75.3 Å².